The van der Waals surface area contributed by atoms with Crippen LogP contribution in [0, 0.1) is 0 Å². The second-order valence-corrected chi connectivity index (χ2v) is 4.29. The number of pyridine rings is 1. The van der Waals surface area contributed by atoms with Gasteiger partial charge in [0.25, 0.3) is 5.91 Å². The van der Waals surface area contributed by atoms with Gasteiger partial charge in [-0.2, -0.15) is 0 Å². The van der Waals surface area contributed by atoms with Gasteiger partial charge in [-0.05, 0) is 23.8 Å². The molecule has 0 atom stereocenters. The SMILES string of the molecule is COc1ccc(CNC(=O)c2cnccc2Cl)cc1. The predicted octanol–water partition coefficient (Wildman–Crippen LogP) is 2.67. The third-order valence-electron chi connectivity index (χ3n) is 2.62. The van der Waals surface area contributed by atoms with Crippen molar-refractivity contribution in [3.8, 4) is 5.75 Å². The summed E-state index contributed by atoms with van der Waals surface area (Å²) in [6.07, 6.45) is 2.99. The van der Waals surface area contributed by atoms with Gasteiger partial charge < -0.3 is 10.1 Å². The summed E-state index contributed by atoms with van der Waals surface area (Å²) < 4.78 is 5.07. The second kappa shape index (κ2) is 6.20. The predicted molar refractivity (Wildman–Crippen MR) is 73.4 cm³/mol. The lowest BCUT2D eigenvalue weighted by Crippen LogP contribution is -2.23. The van der Waals surface area contributed by atoms with Gasteiger partial charge in [0.05, 0.1) is 17.7 Å². The summed E-state index contributed by atoms with van der Waals surface area (Å²) in [6, 6.07) is 9.06. The van der Waals surface area contributed by atoms with Gasteiger partial charge in [0, 0.05) is 18.9 Å². The molecular weight excluding hydrogens is 264 g/mol. The molecule has 1 N–H and O–H groups in total. The van der Waals surface area contributed by atoms with E-state index >= 15 is 0 Å². The molecule has 0 spiro atoms. The van der Waals surface area contributed by atoms with Gasteiger partial charge in [0.1, 0.15) is 5.75 Å². The highest BCUT2D eigenvalue weighted by Gasteiger charge is 2.09. The van der Waals surface area contributed by atoms with E-state index in [9.17, 15) is 4.79 Å². The number of rotatable bonds is 4. The minimum atomic E-state index is -0.242. The van der Waals surface area contributed by atoms with E-state index in [4.69, 9.17) is 16.3 Å². The minimum Gasteiger partial charge on any atom is -0.497 e. The van der Waals surface area contributed by atoms with Crippen LogP contribution in [0.1, 0.15) is 15.9 Å². The van der Waals surface area contributed by atoms with Crippen molar-refractivity contribution < 1.29 is 9.53 Å². The number of hydrogen-bond donors (Lipinski definition) is 1. The zero-order chi connectivity index (χ0) is 13.7. The maximum absolute atomic E-state index is 11.9. The van der Waals surface area contributed by atoms with Gasteiger partial charge in [0.2, 0.25) is 0 Å². The first-order chi connectivity index (χ1) is 9.20. The van der Waals surface area contributed by atoms with Gasteiger partial charge >= 0.3 is 0 Å². The van der Waals surface area contributed by atoms with E-state index in [2.05, 4.69) is 10.3 Å². The molecule has 2 aromatic rings. The average Bonchev–Trinajstić information content (AvgIpc) is 2.46. The quantitative estimate of drug-likeness (QED) is 0.934. The molecule has 0 saturated heterocycles. The van der Waals surface area contributed by atoms with Crippen molar-refractivity contribution in [3.63, 3.8) is 0 Å². The van der Waals surface area contributed by atoms with E-state index < -0.39 is 0 Å². The highest BCUT2D eigenvalue weighted by Crippen LogP contribution is 2.14. The van der Waals surface area contributed by atoms with Crippen molar-refractivity contribution in [2.24, 2.45) is 0 Å². The number of nitrogens with one attached hydrogen (secondary N) is 1. The highest BCUT2D eigenvalue weighted by atomic mass is 35.5. The summed E-state index contributed by atoms with van der Waals surface area (Å²) in [5.74, 6) is 0.541. The van der Waals surface area contributed by atoms with Crippen LogP contribution in [0.2, 0.25) is 5.02 Å². The summed E-state index contributed by atoms with van der Waals surface area (Å²) in [5, 5.41) is 3.18. The first-order valence-electron chi connectivity index (χ1n) is 5.71. The smallest absolute Gasteiger partial charge is 0.254 e. The van der Waals surface area contributed by atoms with Crippen LogP contribution in [0.3, 0.4) is 0 Å². The van der Waals surface area contributed by atoms with E-state index in [1.807, 2.05) is 24.3 Å². The standard InChI is InChI=1S/C14H13ClN2O2/c1-19-11-4-2-10(3-5-11)8-17-14(18)12-9-16-7-6-13(12)15/h2-7,9H,8H2,1H3,(H,17,18). The summed E-state index contributed by atoms with van der Waals surface area (Å²) in [4.78, 5) is 15.8. The van der Waals surface area contributed by atoms with E-state index in [0.29, 0.717) is 17.1 Å². The molecule has 2 rings (SSSR count). The Balaban J connectivity index is 1.98. The number of aromatic nitrogens is 1. The van der Waals surface area contributed by atoms with Gasteiger partial charge in [-0.3, -0.25) is 9.78 Å². The van der Waals surface area contributed by atoms with Crippen molar-refractivity contribution >= 4 is 17.5 Å². The van der Waals surface area contributed by atoms with Gasteiger partial charge in [-0.1, -0.05) is 23.7 Å². The lowest BCUT2D eigenvalue weighted by molar-refractivity contribution is 0.0950. The molecule has 0 bridgehead atoms. The molecule has 0 aliphatic heterocycles. The molecule has 0 aliphatic rings. The van der Waals surface area contributed by atoms with Crippen LogP contribution in [0.25, 0.3) is 0 Å². The van der Waals surface area contributed by atoms with Crippen molar-refractivity contribution in [1.82, 2.24) is 10.3 Å². The van der Waals surface area contributed by atoms with E-state index in [0.717, 1.165) is 11.3 Å². The first kappa shape index (κ1) is 13.4. The molecule has 98 valence electrons. The fraction of sp³-hybridized carbons (Fsp3) is 0.143. The number of methoxy groups -OCH3 is 1. The molecule has 4 nitrogen and oxygen atoms in total. The Hall–Kier alpha value is -2.07. The Morgan fingerprint density at radius 2 is 2.05 bits per heavy atom. The molecule has 0 fully saturated rings. The Morgan fingerprint density at radius 3 is 2.68 bits per heavy atom. The minimum absolute atomic E-state index is 0.242. The summed E-state index contributed by atoms with van der Waals surface area (Å²) in [6.45, 7) is 0.425. The van der Waals surface area contributed by atoms with E-state index in [1.165, 1.54) is 6.20 Å². The molecule has 0 radical (unpaired) electrons. The molecule has 1 aromatic heterocycles. The van der Waals surface area contributed by atoms with E-state index in [-0.39, 0.29) is 5.91 Å². The molecule has 0 unspecified atom stereocenters. The lowest BCUT2D eigenvalue weighted by Gasteiger charge is -2.07. The molecule has 1 heterocycles. The molecule has 5 heteroatoms. The molecule has 0 aliphatic carbocycles. The van der Waals surface area contributed by atoms with E-state index in [1.54, 1.807) is 19.4 Å². The summed E-state index contributed by atoms with van der Waals surface area (Å²) in [7, 11) is 1.61. The average molecular weight is 277 g/mol. The number of ether oxygens (including phenoxy) is 1. The van der Waals surface area contributed by atoms with Gasteiger partial charge in [-0.25, -0.2) is 0 Å². The lowest BCUT2D eigenvalue weighted by atomic mass is 10.2. The highest BCUT2D eigenvalue weighted by molar-refractivity contribution is 6.33. The van der Waals surface area contributed by atoms with Crippen molar-refractivity contribution in [2.75, 3.05) is 7.11 Å². The maximum Gasteiger partial charge on any atom is 0.254 e. The van der Waals surface area contributed by atoms with Crippen LogP contribution in [0.15, 0.2) is 42.7 Å². The van der Waals surface area contributed by atoms with Crippen molar-refractivity contribution in [2.45, 2.75) is 6.54 Å². The van der Waals surface area contributed by atoms with Crippen LogP contribution in [0.5, 0.6) is 5.75 Å². The third kappa shape index (κ3) is 3.45. The largest absolute Gasteiger partial charge is 0.497 e. The number of halogens is 1. The fourth-order valence-corrected chi connectivity index (χ4v) is 1.76. The summed E-state index contributed by atoms with van der Waals surface area (Å²) in [5.41, 5.74) is 1.35. The van der Waals surface area contributed by atoms with Crippen LogP contribution in [0.4, 0.5) is 0 Å². The Bertz CT molecular complexity index is 570. The molecule has 0 saturated carbocycles. The third-order valence-corrected chi connectivity index (χ3v) is 2.95. The molecular formula is C14H13ClN2O2. The van der Waals surface area contributed by atoms with Crippen LogP contribution in [-0.4, -0.2) is 18.0 Å². The monoisotopic (exact) mass is 276 g/mol. The molecule has 19 heavy (non-hydrogen) atoms. The fourth-order valence-electron chi connectivity index (χ4n) is 1.57. The number of amides is 1. The maximum atomic E-state index is 11.9. The number of carbonyl (C=O) groups is 1. The Kier molecular flexibility index (Phi) is 4.36. The molecule has 1 aromatic carbocycles. The van der Waals surface area contributed by atoms with Crippen LogP contribution < -0.4 is 10.1 Å². The van der Waals surface area contributed by atoms with Crippen molar-refractivity contribution in [1.29, 1.82) is 0 Å². The topological polar surface area (TPSA) is 51.2 Å². The second-order valence-electron chi connectivity index (χ2n) is 3.89. The van der Waals surface area contributed by atoms with Gasteiger partial charge in [0.15, 0.2) is 0 Å². The molecule has 1 amide bonds. The Labute approximate surface area is 116 Å². The zero-order valence-electron chi connectivity index (χ0n) is 10.4. The zero-order valence-corrected chi connectivity index (χ0v) is 11.1. The first-order valence-corrected chi connectivity index (χ1v) is 6.09. The Morgan fingerprint density at radius 1 is 1.32 bits per heavy atom. The van der Waals surface area contributed by atoms with Gasteiger partial charge in [-0.15, -0.1) is 0 Å². The number of hydrogen-bond acceptors (Lipinski definition) is 3. The van der Waals surface area contributed by atoms with Crippen LogP contribution in [-0.2, 0) is 6.54 Å². The van der Waals surface area contributed by atoms with Crippen molar-refractivity contribution in [3.05, 3.63) is 58.9 Å². The number of carbonyl (C=O) groups excluding carboxylic acids is 1. The van der Waals surface area contributed by atoms with Crippen LogP contribution >= 0.6 is 11.6 Å². The summed E-state index contributed by atoms with van der Waals surface area (Å²) >= 11 is 5.92. The number of benzene rings is 1. The number of nitrogens with zero attached hydrogens (tertiary/aromatic N) is 1. The normalized spacial score (nSPS) is 10.0.